The highest BCUT2D eigenvalue weighted by atomic mass is 35.5. The van der Waals surface area contributed by atoms with Crippen LogP contribution in [0.5, 0.6) is 0 Å². The monoisotopic (exact) mass is 353 g/mol. The number of hydrogen-bond acceptors (Lipinski definition) is 3. The van der Waals surface area contributed by atoms with Crippen molar-refractivity contribution in [3.8, 4) is 0 Å². The number of benzene rings is 1. The molecular formula is C18H28ClN3O2. The molecular weight excluding hydrogens is 326 g/mol. The van der Waals surface area contributed by atoms with Crippen molar-refractivity contribution in [1.82, 2.24) is 10.6 Å². The van der Waals surface area contributed by atoms with Crippen LogP contribution in [-0.4, -0.2) is 30.4 Å². The van der Waals surface area contributed by atoms with Gasteiger partial charge in [0, 0.05) is 23.3 Å². The largest absolute Gasteiger partial charge is 0.347 e. The lowest BCUT2D eigenvalue weighted by molar-refractivity contribution is -0.120. The Morgan fingerprint density at radius 2 is 1.92 bits per heavy atom. The van der Waals surface area contributed by atoms with Crippen molar-refractivity contribution in [1.29, 1.82) is 0 Å². The van der Waals surface area contributed by atoms with Gasteiger partial charge in [-0.2, -0.15) is 0 Å². The third-order valence-electron chi connectivity index (χ3n) is 4.42. The third-order valence-corrected chi connectivity index (χ3v) is 4.42. The summed E-state index contributed by atoms with van der Waals surface area (Å²) in [5, 5.41) is 9.17. The predicted molar refractivity (Wildman–Crippen MR) is 99.7 cm³/mol. The fraction of sp³-hybridized carbons (Fsp3) is 0.556. The van der Waals surface area contributed by atoms with E-state index in [9.17, 15) is 9.59 Å². The van der Waals surface area contributed by atoms with E-state index >= 15 is 0 Å². The van der Waals surface area contributed by atoms with Gasteiger partial charge in [-0.15, -0.1) is 12.4 Å². The van der Waals surface area contributed by atoms with E-state index in [0.717, 1.165) is 38.0 Å². The van der Waals surface area contributed by atoms with Gasteiger partial charge in [-0.1, -0.05) is 6.92 Å². The van der Waals surface area contributed by atoms with Crippen molar-refractivity contribution in [2.24, 2.45) is 5.92 Å². The summed E-state index contributed by atoms with van der Waals surface area (Å²) in [6, 6.07) is 7.05. The molecule has 1 aromatic rings. The Bertz CT molecular complexity index is 552. The van der Waals surface area contributed by atoms with E-state index < -0.39 is 0 Å². The highest BCUT2D eigenvalue weighted by Gasteiger charge is 2.21. The number of anilines is 1. The Morgan fingerprint density at radius 1 is 1.25 bits per heavy atom. The summed E-state index contributed by atoms with van der Waals surface area (Å²) in [5.41, 5.74) is 1.11. The summed E-state index contributed by atoms with van der Waals surface area (Å²) in [6.45, 7) is 7.76. The van der Waals surface area contributed by atoms with Crippen molar-refractivity contribution in [2.45, 2.75) is 45.6 Å². The summed E-state index contributed by atoms with van der Waals surface area (Å²) in [7, 11) is 0. The first-order valence-corrected chi connectivity index (χ1v) is 8.35. The first-order valence-electron chi connectivity index (χ1n) is 8.35. The van der Waals surface area contributed by atoms with E-state index in [2.05, 4.69) is 16.0 Å². The lowest BCUT2D eigenvalue weighted by atomic mass is 9.98. The molecule has 1 heterocycles. The summed E-state index contributed by atoms with van der Waals surface area (Å²) in [6.07, 6.45) is 2.82. The van der Waals surface area contributed by atoms with Gasteiger partial charge in [-0.25, -0.2) is 0 Å². The molecule has 0 bridgehead atoms. The van der Waals surface area contributed by atoms with Crippen LogP contribution in [0.1, 0.15) is 50.4 Å². The molecule has 0 radical (unpaired) electrons. The fourth-order valence-electron chi connectivity index (χ4n) is 2.49. The molecule has 1 fully saturated rings. The number of carbonyl (C=O) groups excluding carboxylic acids is 2. The highest BCUT2D eigenvalue weighted by molar-refractivity contribution is 5.96. The van der Waals surface area contributed by atoms with Crippen LogP contribution in [-0.2, 0) is 4.79 Å². The molecule has 1 unspecified atom stereocenters. The predicted octanol–water partition coefficient (Wildman–Crippen LogP) is 2.96. The van der Waals surface area contributed by atoms with Crippen LogP contribution in [0.25, 0.3) is 0 Å². The number of amides is 2. The molecule has 2 amide bonds. The third kappa shape index (κ3) is 5.80. The van der Waals surface area contributed by atoms with Gasteiger partial charge in [0.1, 0.15) is 0 Å². The maximum Gasteiger partial charge on any atom is 0.251 e. The van der Waals surface area contributed by atoms with Crippen LogP contribution in [0.3, 0.4) is 0 Å². The molecule has 6 heteroatoms. The van der Waals surface area contributed by atoms with E-state index in [1.165, 1.54) is 0 Å². The van der Waals surface area contributed by atoms with Crippen molar-refractivity contribution < 1.29 is 9.59 Å². The van der Waals surface area contributed by atoms with E-state index in [1.807, 2.05) is 20.8 Å². The Kier molecular flexibility index (Phi) is 7.70. The van der Waals surface area contributed by atoms with Crippen molar-refractivity contribution in [3.63, 3.8) is 0 Å². The van der Waals surface area contributed by atoms with Gasteiger partial charge < -0.3 is 16.0 Å². The number of halogens is 1. The molecule has 1 aliphatic heterocycles. The minimum Gasteiger partial charge on any atom is -0.347 e. The van der Waals surface area contributed by atoms with Gasteiger partial charge >= 0.3 is 0 Å². The molecule has 134 valence electrons. The zero-order valence-corrected chi connectivity index (χ0v) is 15.5. The minimum atomic E-state index is -0.224. The van der Waals surface area contributed by atoms with Gasteiger partial charge in [0.25, 0.3) is 5.91 Å². The van der Waals surface area contributed by atoms with Gasteiger partial charge in [0.05, 0.1) is 5.92 Å². The topological polar surface area (TPSA) is 70.2 Å². The molecule has 1 saturated heterocycles. The van der Waals surface area contributed by atoms with E-state index in [-0.39, 0.29) is 35.7 Å². The van der Waals surface area contributed by atoms with Gasteiger partial charge in [-0.3, -0.25) is 9.59 Å². The number of hydrogen-bond donors (Lipinski definition) is 3. The standard InChI is InChI=1S/C18H27N3O2.ClH/c1-4-18(2,3)21-17(23)13-7-9-15(10-8-13)20-16(22)14-6-5-11-19-12-14;/h7-10,14,19H,4-6,11-12H2,1-3H3,(H,20,22)(H,21,23);1H. The number of carbonyl (C=O) groups is 2. The smallest absolute Gasteiger partial charge is 0.251 e. The second-order valence-electron chi connectivity index (χ2n) is 6.80. The molecule has 5 nitrogen and oxygen atoms in total. The van der Waals surface area contributed by atoms with Gasteiger partial charge in [-0.05, 0) is 63.9 Å². The number of nitrogens with one attached hydrogen (secondary N) is 3. The van der Waals surface area contributed by atoms with Gasteiger partial charge in [0.15, 0.2) is 0 Å². The Hall–Kier alpha value is -1.59. The fourth-order valence-corrected chi connectivity index (χ4v) is 2.49. The maximum absolute atomic E-state index is 12.2. The first kappa shape index (κ1) is 20.5. The molecule has 1 aromatic carbocycles. The maximum atomic E-state index is 12.2. The van der Waals surface area contributed by atoms with E-state index in [4.69, 9.17) is 0 Å². The molecule has 0 spiro atoms. The SMILES string of the molecule is CCC(C)(C)NC(=O)c1ccc(NC(=O)C2CCCNC2)cc1.Cl. The number of piperidine rings is 1. The number of rotatable bonds is 5. The van der Waals surface area contributed by atoms with Crippen LogP contribution in [0, 0.1) is 5.92 Å². The lowest BCUT2D eigenvalue weighted by Crippen LogP contribution is -2.42. The Morgan fingerprint density at radius 3 is 2.46 bits per heavy atom. The molecule has 0 saturated carbocycles. The summed E-state index contributed by atoms with van der Waals surface area (Å²) in [5.74, 6) is -0.0233. The summed E-state index contributed by atoms with van der Waals surface area (Å²) in [4.78, 5) is 24.4. The van der Waals surface area contributed by atoms with Crippen molar-refractivity contribution in [3.05, 3.63) is 29.8 Å². The average molecular weight is 354 g/mol. The van der Waals surface area contributed by atoms with Crippen LogP contribution in [0.2, 0.25) is 0 Å². The minimum absolute atomic E-state index is 0. The first-order chi connectivity index (χ1) is 10.9. The molecule has 0 aliphatic carbocycles. The van der Waals surface area contributed by atoms with Crippen LogP contribution in [0.4, 0.5) is 5.69 Å². The Balaban J connectivity index is 0.00000288. The summed E-state index contributed by atoms with van der Waals surface area (Å²) < 4.78 is 0. The zero-order valence-electron chi connectivity index (χ0n) is 14.6. The molecule has 2 rings (SSSR count). The van der Waals surface area contributed by atoms with Crippen molar-refractivity contribution in [2.75, 3.05) is 18.4 Å². The second kappa shape index (κ2) is 9.04. The molecule has 0 aromatic heterocycles. The molecule has 1 atom stereocenters. The van der Waals surface area contributed by atoms with Crippen molar-refractivity contribution >= 4 is 29.9 Å². The van der Waals surface area contributed by atoms with Gasteiger partial charge in [0.2, 0.25) is 5.91 Å². The highest BCUT2D eigenvalue weighted by Crippen LogP contribution is 2.16. The summed E-state index contributed by atoms with van der Waals surface area (Å²) >= 11 is 0. The average Bonchev–Trinajstić information content (AvgIpc) is 2.56. The molecule has 3 N–H and O–H groups in total. The van der Waals surface area contributed by atoms with Crippen LogP contribution < -0.4 is 16.0 Å². The molecule has 24 heavy (non-hydrogen) atoms. The lowest BCUT2D eigenvalue weighted by Gasteiger charge is -2.24. The van der Waals surface area contributed by atoms with E-state index in [0.29, 0.717) is 5.56 Å². The Labute approximate surface area is 150 Å². The van der Waals surface area contributed by atoms with E-state index in [1.54, 1.807) is 24.3 Å². The quantitative estimate of drug-likeness (QED) is 0.762. The molecule has 1 aliphatic rings. The van der Waals surface area contributed by atoms with Crippen LogP contribution in [0.15, 0.2) is 24.3 Å². The normalized spacial score (nSPS) is 17.5. The zero-order chi connectivity index (χ0) is 16.9. The van der Waals surface area contributed by atoms with Crippen LogP contribution >= 0.6 is 12.4 Å². The second-order valence-corrected chi connectivity index (χ2v) is 6.80.